The van der Waals surface area contributed by atoms with Gasteiger partial charge in [-0.25, -0.2) is 14.6 Å². The summed E-state index contributed by atoms with van der Waals surface area (Å²) in [4.78, 5) is 40.5. The summed E-state index contributed by atoms with van der Waals surface area (Å²) in [5, 5.41) is 0. The van der Waals surface area contributed by atoms with E-state index in [0.717, 1.165) is 0 Å². The number of halogens is 1. The monoisotopic (exact) mass is 400 g/mol. The van der Waals surface area contributed by atoms with Crippen LogP contribution in [-0.4, -0.2) is 34.7 Å². The van der Waals surface area contributed by atoms with Crippen LogP contribution in [-0.2, 0) is 9.47 Å². The van der Waals surface area contributed by atoms with Gasteiger partial charge in [-0.1, -0.05) is 0 Å². The molecule has 0 aliphatic rings. The summed E-state index contributed by atoms with van der Waals surface area (Å²) in [5.74, 6) is -0.0176. The first-order valence-electron chi connectivity index (χ1n) is 7.22. The summed E-state index contributed by atoms with van der Waals surface area (Å²) in [5.41, 5.74) is -1.33. The highest BCUT2D eigenvalue weighted by atomic mass is 79.9. The summed E-state index contributed by atoms with van der Waals surface area (Å²) in [6.45, 7) is 10.1. The Hall–Kier alpha value is -1.96. The van der Waals surface area contributed by atoms with Gasteiger partial charge in [-0.05, 0) is 69.6 Å². The lowest BCUT2D eigenvalue weighted by Gasteiger charge is -2.28. The van der Waals surface area contributed by atoms with E-state index in [1.165, 1.54) is 12.1 Å². The summed E-state index contributed by atoms with van der Waals surface area (Å²) in [7, 11) is 0. The van der Waals surface area contributed by atoms with E-state index in [1.54, 1.807) is 41.5 Å². The van der Waals surface area contributed by atoms with Gasteiger partial charge in [0.2, 0.25) is 0 Å². The molecule has 132 valence electrons. The standard InChI is InChI=1S/C16H21BrN2O5/c1-15(2,3)23-13(21)19(14(22)24-16(4,5)6)11-8-7-10(9-20)12(17)18-11/h7-9H,1-6H3. The summed E-state index contributed by atoms with van der Waals surface area (Å²) in [6.07, 6.45) is -1.24. The molecule has 0 aliphatic heterocycles. The molecule has 8 heteroatoms. The second kappa shape index (κ2) is 7.29. The molecule has 0 unspecified atom stereocenters. The molecule has 0 saturated carbocycles. The Labute approximate surface area is 149 Å². The molecule has 1 aromatic heterocycles. The molecule has 0 N–H and O–H groups in total. The van der Waals surface area contributed by atoms with Crippen LogP contribution in [0.3, 0.4) is 0 Å². The van der Waals surface area contributed by atoms with E-state index in [4.69, 9.17) is 9.47 Å². The number of nitrogens with zero attached hydrogens (tertiary/aromatic N) is 2. The van der Waals surface area contributed by atoms with Crippen molar-refractivity contribution in [2.75, 3.05) is 4.90 Å². The van der Waals surface area contributed by atoms with Gasteiger partial charge >= 0.3 is 12.2 Å². The van der Waals surface area contributed by atoms with E-state index in [9.17, 15) is 14.4 Å². The maximum atomic E-state index is 12.4. The van der Waals surface area contributed by atoms with Gasteiger partial charge in [0.25, 0.3) is 0 Å². The Balaban J connectivity index is 3.27. The largest absolute Gasteiger partial charge is 0.443 e. The van der Waals surface area contributed by atoms with Crippen LogP contribution in [0.25, 0.3) is 0 Å². The van der Waals surface area contributed by atoms with Crippen molar-refractivity contribution in [3.05, 3.63) is 22.3 Å². The number of pyridine rings is 1. The van der Waals surface area contributed by atoms with Gasteiger partial charge in [0.05, 0.1) is 0 Å². The number of ether oxygens (including phenoxy) is 2. The maximum Gasteiger partial charge on any atom is 0.425 e. The second-order valence-electron chi connectivity index (χ2n) is 6.96. The predicted octanol–water partition coefficient (Wildman–Crippen LogP) is 4.33. The van der Waals surface area contributed by atoms with Gasteiger partial charge < -0.3 is 9.47 Å². The van der Waals surface area contributed by atoms with E-state index in [0.29, 0.717) is 11.2 Å². The van der Waals surface area contributed by atoms with Crippen molar-refractivity contribution in [1.82, 2.24) is 4.98 Å². The van der Waals surface area contributed by atoms with Gasteiger partial charge in [0.15, 0.2) is 6.29 Å². The van der Waals surface area contributed by atoms with Crippen molar-refractivity contribution in [3.8, 4) is 0 Å². The Bertz CT molecular complexity index is 619. The topological polar surface area (TPSA) is 85.8 Å². The van der Waals surface area contributed by atoms with Crippen LogP contribution in [0.5, 0.6) is 0 Å². The zero-order chi connectivity index (χ0) is 18.7. The lowest BCUT2D eigenvalue weighted by Crippen LogP contribution is -2.44. The van der Waals surface area contributed by atoms with E-state index >= 15 is 0 Å². The molecule has 2 amide bonds. The average molecular weight is 401 g/mol. The molecule has 0 aliphatic carbocycles. The number of carbonyl (C=O) groups excluding carboxylic acids is 3. The van der Waals surface area contributed by atoms with Crippen LogP contribution in [0.2, 0.25) is 0 Å². The van der Waals surface area contributed by atoms with Crippen molar-refractivity contribution in [2.24, 2.45) is 0 Å². The molecule has 0 fully saturated rings. The minimum Gasteiger partial charge on any atom is -0.443 e. The Morgan fingerprint density at radius 1 is 1.04 bits per heavy atom. The number of anilines is 1. The van der Waals surface area contributed by atoms with E-state index in [1.807, 2.05) is 0 Å². The first-order valence-corrected chi connectivity index (χ1v) is 8.01. The van der Waals surface area contributed by atoms with Gasteiger partial charge in [-0.2, -0.15) is 4.90 Å². The van der Waals surface area contributed by atoms with E-state index in [2.05, 4.69) is 20.9 Å². The van der Waals surface area contributed by atoms with Crippen LogP contribution in [0, 0.1) is 0 Å². The van der Waals surface area contributed by atoms with Crippen molar-refractivity contribution in [2.45, 2.75) is 52.7 Å². The highest BCUT2D eigenvalue weighted by Gasteiger charge is 2.33. The molecule has 7 nitrogen and oxygen atoms in total. The van der Waals surface area contributed by atoms with Crippen LogP contribution < -0.4 is 4.90 Å². The fourth-order valence-electron chi connectivity index (χ4n) is 1.52. The molecule has 1 rings (SSSR count). The summed E-state index contributed by atoms with van der Waals surface area (Å²) < 4.78 is 10.7. The molecular formula is C16H21BrN2O5. The number of aldehydes is 1. The Morgan fingerprint density at radius 3 is 1.83 bits per heavy atom. The Morgan fingerprint density at radius 2 is 1.50 bits per heavy atom. The lowest BCUT2D eigenvalue weighted by molar-refractivity contribution is 0.0429. The second-order valence-corrected chi connectivity index (χ2v) is 7.71. The zero-order valence-electron chi connectivity index (χ0n) is 14.5. The maximum absolute atomic E-state index is 12.4. The molecule has 0 radical (unpaired) electrons. The smallest absolute Gasteiger partial charge is 0.425 e. The molecule has 0 saturated heterocycles. The zero-order valence-corrected chi connectivity index (χ0v) is 16.1. The number of amides is 2. The molecule has 0 aromatic carbocycles. The van der Waals surface area contributed by atoms with Crippen molar-refractivity contribution in [1.29, 1.82) is 0 Å². The third-order valence-electron chi connectivity index (χ3n) is 2.37. The SMILES string of the molecule is CC(C)(C)OC(=O)N(C(=O)OC(C)(C)C)c1ccc(C=O)c(Br)n1. The lowest BCUT2D eigenvalue weighted by atomic mass is 10.2. The molecule has 0 spiro atoms. The fourth-order valence-corrected chi connectivity index (χ4v) is 1.93. The number of aromatic nitrogens is 1. The van der Waals surface area contributed by atoms with Gasteiger partial charge in [-0.3, -0.25) is 4.79 Å². The minimum atomic E-state index is -0.921. The quantitative estimate of drug-likeness (QED) is 0.542. The van der Waals surface area contributed by atoms with E-state index < -0.39 is 23.4 Å². The third-order valence-corrected chi connectivity index (χ3v) is 3.01. The predicted molar refractivity (Wildman–Crippen MR) is 92.3 cm³/mol. The molecular weight excluding hydrogens is 380 g/mol. The highest BCUT2D eigenvalue weighted by Crippen LogP contribution is 2.23. The fraction of sp³-hybridized carbons (Fsp3) is 0.500. The third kappa shape index (κ3) is 5.92. The summed E-state index contributed by atoms with van der Waals surface area (Å²) >= 11 is 3.12. The van der Waals surface area contributed by atoms with Crippen molar-refractivity contribution >= 4 is 40.2 Å². The number of hydrogen-bond donors (Lipinski definition) is 0. The van der Waals surface area contributed by atoms with Crippen LogP contribution >= 0.6 is 15.9 Å². The minimum absolute atomic E-state index is 0.0176. The van der Waals surface area contributed by atoms with E-state index in [-0.39, 0.29) is 16.0 Å². The van der Waals surface area contributed by atoms with Gasteiger partial charge in [-0.15, -0.1) is 0 Å². The molecule has 24 heavy (non-hydrogen) atoms. The molecule has 0 bridgehead atoms. The first-order chi connectivity index (χ1) is 10.8. The van der Waals surface area contributed by atoms with Crippen molar-refractivity contribution < 1.29 is 23.9 Å². The van der Waals surface area contributed by atoms with Crippen LogP contribution in [0.1, 0.15) is 51.9 Å². The Kier molecular flexibility index (Phi) is 6.10. The normalized spacial score (nSPS) is 11.6. The number of rotatable bonds is 2. The van der Waals surface area contributed by atoms with Gasteiger partial charge in [0.1, 0.15) is 21.6 Å². The highest BCUT2D eigenvalue weighted by molar-refractivity contribution is 9.10. The summed E-state index contributed by atoms with van der Waals surface area (Å²) in [6, 6.07) is 2.80. The van der Waals surface area contributed by atoms with Crippen LogP contribution in [0.15, 0.2) is 16.7 Å². The number of hydrogen-bond acceptors (Lipinski definition) is 6. The first kappa shape index (κ1) is 20.1. The van der Waals surface area contributed by atoms with Crippen molar-refractivity contribution in [3.63, 3.8) is 0 Å². The number of imide groups is 1. The number of carbonyl (C=O) groups is 3. The van der Waals surface area contributed by atoms with Gasteiger partial charge in [0, 0.05) is 5.56 Å². The molecule has 0 atom stereocenters. The average Bonchev–Trinajstić information content (AvgIpc) is 2.34. The van der Waals surface area contributed by atoms with Crippen LogP contribution in [0.4, 0.5) is 15.4 Å². The molecule has 1 heterocycles. The molecule has 1 aromatic rings.